The first-order valence-corrected chi connectivity index (χ1v) is 7.40. The molecular formula is C17H22N2O. The normalized spacial score (nSPS) is 10.7. The molecule has 0 aliphatic heterocycles. The molecule has 0 bridgehead atoms. The van der Waals surface area contributed by atoms with Gasteiger partial charge >= 0.3 is 0 Å². The van der Waals surface area contributed by atoms with Gasteiger partial charge in [-0.2, -0.15) is 0 Å². The van der Waals surface area contributed by atoms with Crippen LogP contribution in [0.3, 0.4) is 0 Å². The summed E-state index contributed by atoms with van der Waals surface area (Å²) >= 11 is 0. The largest absolute Gasteiger partial charge is 0.356 e. The highest BCUT2D eigenvalue weighted by atomic mass is 16.1. The Kier molecular flexibility index (Phi) is 5.54. The minimum atomic E-state index is 0.0820. The smallest absolute Gasteiger partial charge is 0.224 e. The van der Waals surface area contributed by atoms with E-state index < -0.39 is 0 Å². The SMILES string of the molecule is CCCCCCNC(=O)Cc1cnc2ccccc2c1. The standard InChI is InChI=1S/C17H22N2O/c1-2-3-4-7-10-18-17(20)12-14-11-15-8-5-6-9-16(15)19-13-14/h5-6,8-9,11,13H,2-4,7,10,12H2,1H3,(H,18,20). The molecule has 0 atom stereocenters. The fourth-order valence-corrected chi connectivity index (χ4v) is 2.24. The van der Waals surface area contributed by atoms with E-state index in [1.54, 1.807) is 6.20 Å². The summed E-state index contributed by atoms with van der Waals surface area (Å²) in [5, 5.41) is 4.06. The van der Waals surface area contributed by atoms with Crippen LogP contribution in [-0.4, -0.2) is 17.4 Å². The molecule has 2 aromatic rings. The minimum Gasteiger partial charge on any atom is -0.356 e. The number of nitrogens with zero attached hydrogens (tertiary/aromatic N) is 1. The maximum absolute atomic E-state index is 11.8. The maximum atomic E-state index is 11.8. The first kappa shape index (κ1) is 14.5. The molecule has 0 saturated carbocycles. The number of pyridine rings is 1. The highest BCUT2D eigenvalue weighted by molar-refractivity contribution is 5.82. The van der Waals surface area contributed by atoms with Gasteiger partial charge in [0.15, 0.2) is 0 Å². The van der Waals surface area contributed by atoms with Gasteiger partial charge in [-0.3, -0.25) is 9.78 Å². The predicted octanol–water partition coefficient (Wildman–Crippen LogP) is 3.47. The van der Waals surface area contributed by atoms with Crippen molar-refractivity contribution < 1.29 is 4.79 Å². The van der Waals surface area contributed by atoms with Crippen molar-refractivity contribution >= 4 is 16.8 Å². The van der Waals surface area contributed by atoms with Crippen LogP contribution in [0.4, 0.5) is 0 Å². The van der Waals surface area contributed by atoms with Crippen LogP contribution in [0.15, 0.2) is 36.5 Å². The number of nitrogens with one attached hydrogen (secondary N) is 1. The van der Waals surface area contributed by atoms with Gasteiger partial charge < -0.3 is 5.32 Å². The van der Waals surface area contributed by atoms with Crippen LogP contribution in [0.1, 0.15) is 38.2 Å². The molecule has 1 N–H and O–H groups in total. The van der Waals surface area contributed by atoms with Gasteiger partial charge in [0.1, 0.15) is 0 Å². The summed E-state index contributed by atoms with van der Waals surface area (Å²) < 4.78 is 0. The van der Waals surface area contributed by atoms with E-state index in [4.69, 9.17) is 0 Å². The zero-order chi connectivity index (χ0) is 14.2. The summed E-state index contributed by atoms with van der Waals surface area (Å²) in [5.74, 6) is 0.0820. The Morgan fingerprint density at radius 3 is 2.90 bits per heavy atom. The lowest BCUT2D eigenvalue weighted by atomic mass is 10.1. The molecule has 1 heterocycles. The monoisotopic (exact) mass is 270 g/mol. The summed E-state index contributed by atoms with van der Waals surface area (Å²) in [7, 11) is 0. The van der Waals surface area contributed by atoms with Crippen molar-refractivity contribution in [3.63, 3.8) is 0 Å². The lowest BCUT2D eigenvalue weighted by Crippen LogP contribution is -2.26. The maximum Gasteiger partial charge on any atom is 0.224 e. The number of amides is 1. The summed E-state index contributed by atoms with van der Waals surface area (Å²) in [6.07, 6.45) is 6.91. The van der Waals surface area contributed by atoms with Crippen LogP contribution in [0.5, 0.6) is 0 Å². The summed E-state index contributed by atoms with van der Waals surface area (Å²) in [4.78, 5) is 16.2. The molecule has 20 heavy (non-hydrogen) atoms. The highest BCUT2D eigenvalue weighted by Crippen LogP contribution is 2.12. The third-order valence-corrected chi connectivity index (χ3v) is 3.36. The van der Waals surface area contributed by atoms with E-state index in [2.05, 4.69) is 17.2 Å². The van der Waals surface area contributed by atoms with Crippen molar-refractivity contribution in [1.29, 1.82) is 0 Å². The molecule has 106 valence electrons. The molecule has 0 aliphatic carbocycles. The Hall–Kier alpha value is -1.90. The molecular weight excluding hydrogens is 248 g/mol. The van der Waals surface area contributed by atoms with E-state index in [9.17, 15) is 4.79 Å². The van der Waals surface area contributed by atoms with Gasteiger partial charge in [0.05, 0.1) is 11.9 Å². The van der Waals surface area contributed by atoms with Crippen molar-refractivity contribution in [3.8, 4) is 0 Å². The molecule has 1 amide bonds. The fourth-order valence-electron chi connectivity index (χ4n) is 2.24. The average molecular weight is 270 g/mol. The van der Waals surface area contributed by atoms with Crippen LogP contribution < -0.4 is 5.32 Å². The van der Waals surface area contributed by atoms with E-state index in [0.29, 0.717) is 6.42 Å². The van der Waals surface area contributed by atoms with Gasteiger partial charge in [-0.1, -0.05) is 44.4 Å². The molecule has 2 rings (SSSR count). The first-order valence-electron chi connectivity index (χ1n) is 7.40. The van der Waals surface area contributed by atoms with Gasteiger partial charge in [-0.05, 0) is 24.1 Å². The number of rotatable bonds is 7. The molecule has 1 aromatic carbocycles. The first-order chi connectivity index (χ1) is 9.79. The number of hydrogen-bond acceptors (Lipinski definition) is 2. The molecule has 0 spiro atoms. The lowest BCUT2D eigenvalue weighted by molar-refractivity contribution is -0.120. The number of hydrogen-bond donors (Lipinski definition) is 1. The second kappa shape index (κ2) is 7.63. The van der Waals surface area contributed by atoms with E-state index in [1.165, 1.54) is 19.3 Å². The average Bonchev–Trinajstić information content (AvgIpc) is 2.47. The van der Waals surface area contributed by atoms with Crippen LogP contribution in [0.2, 0.25) is 0 Å². The van der Waals surface area contributed by atoms with Crippen molar-refractivity contribution in [2.75, 3.05) is 6.54 Å². The number of aromatic nitrogens is 1. The molecule has 0 radical (unpaired) electrons. The molecule has 3 nitrogen and oxygen atoms in total. The van der Waals surface area contributed by atoms with Crippen LogP contribution in [0.25, 0.3) is 10.9 Å². The number of para-hydroxylation sites is 1. The molecule has 0 aliphatic rings. The number of carbonyl (C=O) groups excluding carboxylic acids is 1. The number of carbonyl (C=O) groups is 1. The van der Waals surface area contributed by atoms with Crippen molar-refractivity contribution in [2.45, 2.75) is 39.0 Å². The minimum absolute atomic E-state index is 0.0820. The highest BCUT2D eigenvalue weighted by Gasteiger charge is 2.04. The fraction of sp³-hybridized carbons (Fsp3) is 0.412. The topological polar surface area (TPSA) is 42.0 Å². The summed E-state index contributed by atoms with van der Waals surface area (Å²) in [5.41, 5.74) is 1.94. The van der Waals surface area contributed by atoms with Gasteiger partial charge in [-0.15, -0.1) is 0 Å². The van der Waals surface area contributed by atoms with Crippen molar-refractivity contribution in [3.05, 3.63) is 42.1 Å². The van der Waals surface area contributed by atoms with Gasteiger partial charge in [0, 0.05) is 18.1 Å². The summed E-state index contributed by atoms with van der Waals surface area (Å²) in [6.45, 7) is 2.96. The Morgan fingerprint density at radius 2 is 2.05 bits per heavy atom. The van der Waals surface area contributed by atoms with E-state index in [-0.39, 0.29) is 5.91 Å². The third kappa shape index (κ3) is 4.34. The zero-order valence-corrected chi connectivity index (χ0v) is 12.1. The molecule has 0 saturated heterocycles. The van der Waals surface area contributed by atoms with Gasteiger partial charge in [-0.25, -0.2) is 0 Å². The van der Waals surface area contributed by atoms with Gasteiger partial charge in [0.2, 0.25) is 5.91 Å². The third-order valence-electron chi connectivity index (χ3n) is 3.36. The molecule has 0 fully saturated rings. The summed E-state index contributed by atoms with van der Waals surface area (Å²) in [6, 6.07) is 10.0. The Bertz CT molecular complexity index is 566. The number of unbranched alkanes of at least 4 members (excludes halogenated alkanes) is 3. The van der Waals surface area contributed by atoms with Crippen LogP contribution in [0, 0.1) is 0 Å². The van der Waals surface area contributed by atoms with Crippen LogP contribution in [-0.2, 0) is 11.2 Å². The quantitative estimate of drug-likeness (QED) is 0.783. The zero-order valence-electron chi connectivity index (χ0n) is 12.1. The van der Waals surface area contributed by atoms with Crippen molar-refractivity contribution in [1.82, 2.24) is 10.3 Å². The van der Waals surface area contributed by atoms with Crippen molar-refractivity contribution in [2.24, 2.45) is 0 Å². The predicted molar refractivity (Wildman–Crippen MR) is 82.6 cm³/mol. The lowest BCUT2D eigenvalue weighted by Gasteiger charge is -2.06. The second-order valence-electron chi connectivity index (χ2n) is 5.12. The molecule has 1 aromatic heterocycles. The Labute approximate surface area is 120 Å². The second-order valence-corrected chi connectivity index (χ2v) is 5.12. The molecule has 0 unspecified atom stereocenters. The number of fused-ring (bicyclic) bond motifs is 1. The van der Waals surface area contributed by atoms with E-state index >= 15 is 0 Å². The van der Waals surface area contributed by atoms with Crippen LogP contribution >= 0.6 is 0 Å². The van der Waals surface area contributed by atoms with E-state index in [1.807, 2.05) is 30.3 Å². The number of benzene rings is 1. The van der Waals surface area contributed by atoms with Gasteiger partial charge in [0.25, 0.3) is 0 Å². The molecule has 3 heteroatoms. The van der Waals surface area contributed by atoms with E-state index in [0.717, 1.165) is 29.4 Å². The Morgan fingerprint density at radius 1 is 1.20 bits per heavy atom. The Balaban J connectivity index is 1.83.